The van der Waals surface area contributed by atoms with E-state index in [0.29, 0.717) is 24.9 Å². The summed E-state index contributed by atoms with van der Waals surface area (Å²) in [5, 5.41) is 6.15. The smallest absolute Gasteiger partial charge is 0.275 e. The Morgan fingerprint density at radius 3 is 2.26 bits per heavy atom. The molecule has 1 aliphatic rings. The second kappa shape index (κ2) is 8.67. The van der Waals surface area contributed by atoms with Crippen LogP contribution < -0.4 is 15.5 Å². The standard InChI is InChI=1S/C18H35N3O2/c1-7-21(12-17(23)20-18(4,5)6)11-16(22)19-15-10-8-9-13(2)14(15)3/h13-15H,7-12H2,1-6H3,(H,19,22)(H,20,23)/p+1/t13-,14-,15-/m0/s1. The molecule has 1 aliphatic carbocycles. The molecule has 0 radical (unpaired) electrons. The number of likely N-dealkylation sites (N-methyl/N-ethyl adjacent to an activating group) is 1. The zero-order valence-electron chi connectivity index (χ0n) is 15.8. The largest absolute Gasteiger partial charge is 0.348 e. The number of amides is 2. The van der Waals surface area contributed by atoms with Crippen LogP contribution in [0.4, 0.5) is 0 Å². The first-order valence-corrected chi connectivity index (χ1v) is 9.06. The van der Waals surface area contributed by atoms with Gasteiger partial charge in [0, 0.05) is 11.6 Å². The van der Waals surface area contributed by atoms with E-state index in [0.717, 1.165) is 17.9 Å². The molecule has 1 unspecified atom stereocenters. The first kappa shape index (κ1) is 19.9. The molecule has 0 aromatic heterocycles. The first-order chi connectivity index (χ1) is 10.6. The minimum Gasteiger partial charge on any atom is -0.348 e. The maximum Gasteiger partial charge on any atom is 0.275 e. The predicted molar refractivity (Wildman–Crippen MR) is 93.2 cm³/mol. The summed E-state index contributed by atoms with van der Waals surface area (Å²) in [4.78, 5) is 25.4. The molecule has 0 spiro atoms. The Hall–Kier alpha value is -1.10. The van der Waals surface area contributed by atoms with Crippen LogP contribution in [0.5, 0.6) is 0 Å². The second-order valence-electron chi connectivity index (χ2n) is 8.20. The van der Waals surface area contributed by atoms with E-state index in [-0.39, 0.29) is 23.4 Å². The van der Waals surface area contributed by atoms with Gasteiger partial charge in [-0.2, -0.15) is 0 Å². The maximum absolute atomic E-state index is 12.3. The molecule has 0 aromatic rings. The highest BCUT2D eigenvalue weighted by molar-refractivity contribution is 5.79. The number of rotatable bonds is 6. The summed E-state index contributed by atoms with van der Waals surface area (Å²) in [6, 6.07) is 0.285. The number of nitrogens with one attached hydrogen (secondary N) is 3. The molecule has 0 bridgehead atoms. The molecule has 1 fully saturated rings. The van der Waals surface area contributed by atoms with Gasteiger partial charge in [-0.05, 0) is 46.0 Å². The van der Waals surface area contributed by atoms with Crippen molar-refractivity contribution in [3.8, 4) is 0 Å². The summed E-state index contributed by atoms with van der Waals surface area (Å²) in [7, 11) is 0. The van der Waals surface area contributed by atoms with Gasteiger partial charge in [0.2, 0.25) is 0 Å². The van der Waals surface area contributed by atoms with Gasteiger partial charge in [0.25, 0.3) is 11.8 Å². The molecule has 0 saturated heterocycles. The third-order valence-corrected chi connectivity index (χ3v) is 4.89. The zero-order valence-corrected chi connectivity index (χ0v) is 15.8. The van der Waals surface area contributed by atoms with Crippen LogP contribution in [0.15, 0.2) is 0 Å². The first-order valence-electron chi connectivity index (χ1n) is 9.06. The third-order valence-electron chi connectivity index (χ3n) is 4.89. The van der Waals surface area contributed by atoms with Gasteiger partial charge >= 0.3 is 0 Å². The van der Waals surface area contributed by atoms with Crippen LogP contribution in [-0.2, 0) is 9.59 Å². The average Bonchev–Trinajstić information content (AvgIpc) is 2.41. The van der Waals surface area contributed by atoms with E-state index >= 15 is 0 Å². The minimum absolute atomic E-state index is 0.00167. The summed E-state index contributed by atoms with van der Waals surface area (Å²) < 4.78 is 0. The van der Waals surface area contributed by atoms with Crippen LogP contribution in [0.2, 0.25) is 0 Å². The van der Waals surface area contributed by atoms with Crippen LogP contribution in [0.1, 0.15) is 60.8 Å². The van der Waals surface area contributed by atoms with Crippen LogP contribution in [-0.4, -0.2) is 43.0 Å². The molecule has 0 heterocycles. The van der Waals surface area contributed by atoms with E-state index < -0.39 is 0 Å². The molecular formula is C18H36N3O2+. The molecule has 5 heteroatoms. The van der Waals surface area contributed by atoms with Crippen molar-refractivity contribution in [2.75, 3.05) is 19.6 Å². The van der Waals surface area contributed by atoms with Crippen LogP contribution in [0.3, 0.4) is 0 Å². The Kier molecular flexibility index (Phi) is 7.52. The highest BCUT2D eigenvalue weighted by Gasteiger charge is 2.29. The van der Waals surface area contributed by atoms with E-state index in [9.17, 15) is 9.59 Å². The topological polar surface area (TPSA) is 62.6 Å². The Balaban J connectivity index is 2.45. The molecule has 5 nitrogen and oxygen atoms in total. The minimum atomic E-state index is -0.230. The lowest BCUT2D eigenvalue weighted by Crippen LogP contribution is -3.14. The highest BCUT2D eigenvalue weighted by Crippen LogP contribution is 2.29. The lowest BCUT2D eigenvalue weighted by atomic mass is 9.78. The van der Waals surface area contributed by atoms with E-state index in [1.54, 1.807) is 0 Å². The van der Waals surface area contributed by atoms with Crippen molar-refractivity contribution < 1.29 is 14.5 Å². The molecule has 23 heavy (non-hydrogen) atoms. The van der Waals surface area contributed by atoms with E-state index in [1.807, 2.05) is 27.7 Å². The lowest BCUT2D eigenvalue weighted by Gasteiger charge is -2.34. The van der Waals surface area contributed by atoms with E-state index in [4.69, 9.17) is 0 Å². The summed E-state index contributed by atoms with van der Waals surface area (Å²) in [5.74, 6) is 1.27. The molecule has 3 N–H and O–H groups in total. The predicted octanol–water partition coefficient (Wildman–Crippen LogP) is 0.747. The fourth-order valence-corrected chi connectivity index (χ4v) is 3.27. The Bertz CT molecular complexity index is 404. The molecule has 1 saturated carbocycles. The quantitative estimate of drug-likeness (QED) is 0.674. The maximum atomic E-state index is 12.3. The van der Waals surface area contributed by atoms with Gasteiger partial charge in [-0.25, -0.2) is 0 Å². The van der Waals surface area contributed by atoms with Gasteiger partial charge in [-0.1, -0.05) is 26.7 Å². The second-order valence-corrected chi connectivity index (χ2v) is 8.20. The van der Waals surface area contributed by atoms with Gasteiger partial charge in [0.05, 0.1) is 6.54 Å². The van der Waals surface area contributed by atoms with E-state index in [1.165, 1.54) is 12.8 Å². The zero-order chi connectivity index (χ0) is 17.6. The SMILES string of the molecule is CC[NH+](CC(=O)N[C@H]1CCC[C@H](C)[C@@H]1C)CC(=O)NC(C)(C)C. The molecule has 134 valence electrons. The number of quaternary nitrogens is 1. The third kappa shape index (κ3) is 7.34. The molecular weight excluding hydrogens is 290 g/mol. The van der Waals surface area contributed by atoms with Crippen molar-refractivity contribution in [2.45, 2.75) is 72.4 Å². The summed E-state index contributed by atoms with van der Waals surface area (Å²) in [5.41, 5.74) is -0.230. The van der Waals surface area contributed by atoms with Gasteiger partial charge in [0.1, 0.15) is 0 Å². The molecule has 0 aromatic carbocycles. The summed E-state index contributed by atoms with van der Waals surface area (Å²) in [6.07, 6.45) is 3.52. The molecule has 4 atom stereocenters. The summed E-state index contributed by atoms with van der Waals surface area (Å²) in [6.45, 7) is 13.9. The van der Waals surface area contributed by atoms with Crippen molar-refractivity contribution >= 4 is 11.8 Å². The Labute approximate surface area is 141 Å². The van der Waals surface area contributed by atoms with Crippen molar-refractivity contribution in [2.24, 2.45) is 11.8 Å². The lowest BCUT2D eigenvalue weighted by molar-refractivity contribution is -0.881. The van der Waals surface area contributed by atoms with Crippen LogP contribution in [0.25, 0.3) is 0 Å². The van der Waals surface area contributed by atoms with Gasteiger partial charge < -0.3 is 15.5 Å². The average molecular weight is 327 g/mol. The van der Waals surface area contributed by atoms with E-state index in [2.05, 4.69) is 24.5 Å². The van der Waals surface area contributed by atoms with Crippen molar-refractivity contribution in [1.29, 1.82) is 0 Å². The summed E-state index contributed by atoms with van der Waals surface area (Å²) >= 11 is 0. The number of hydrogen-bond acceptors (Lipinski definition) is 2. The number of hydrogen-bond donors (Lipinski definition) is 3. The van der Waals surface area contributed by atoms with Crippen LogP contribution >= 0.6 is 0 Å². The molecule has 1 rings (SSSR count). The molecule has 0 aliphatic heterocycles. The Morgan fingerprint density at radius 1 is 1.09 bits per heavy atom. The number of carbonyl (C=O) groups is 2. The molecule has 2 amide bonds. The van der Waals surface area contributed by atoms with Gasteiger partial charge in [-0.3, -0.25) is 9.59 Å². The van der Waals surface area contributed by atoms with Crippen LogP contribution in [0, 0.1) is 11.8 Å². The van der Waals surface area contributed by atoms with Crippen molar-refractivity contribution in [1.82, 2.24) is 10.6 Å². The van der Waals surface area contributed by atoms with Gasteiger partial charge in [0.15, 0.2) is 13.1 Å². The highest BCUT2D eigenvalue weighted by atomic mass is 16.2. The normalized spacial score (nSPS) is 26.4. The number of carbonyl (C=O) groups excluding carboxylic acids is 2. The van der Waals surface area contributed by atoms with Crippen molar-refractivity contribution in [3.63, 3.8) is 0 Å². The monoisotopic (exact) mass is 326 g/mol. The Morgan fingerprint density at radius 2 is 1.70 bits per heavy atom. The fraction of sp³-hybridized carbons (Fsp3) is 0.889. The fourth-order valence-electron chi connectivity index (χ4n) is 3.27. The van der Waals surface area contributed by atoms with Crippen molar-refractivity contribution in [3.05, 3.63) is 0 Å². The van der Waals surface area contributed by atoms with Gasteiger partial charge in [-0.15, -0.1) is 0 Å².